The van der Waals surface area contributed by atoms with E-state index in [0.717, 1.165) is 0 Å². The van der Waals surface area contributed by atoms with Gasteiger partial charge in [0.15, 0.2) is 11.6 Å². The zero-order valence-electron chi connectivity index (χ0n) is 11.2. The Morgan fingerprint density at radius 1 is 1.45 bits per heavy atom. The molecule has 0 spiro atoms. The van der Waals surface area contributed by atoms with Crippen molar-refractivity contribution in [3.8, 4) is 5.75 Å². The van der Waals surface area contributed by atoms with Crippen LogP contribution in [0.25, 0.3) is 0 Å². The van der Waals surface area contributed by atoms with E-state index in [1.54, 1.807) is 26.0 Å². The molecule has 0 aliphatic rings. The summed E-state index contributed by atoms with van der Waals surface area (Å²) in [6.45, 7) is 3.55. The summed E-state index contributed by atoms with van der Waals surface area (Å²) in [7, 11) is 0. The molecule has 106 valence electrons. The van der Waals surface area contributed by atoms with Gasteiger partial charge < -0.3 is 19.7 Å². The third-order valence-electron chi connectivity index (χ3n) is 2.43. The molecule has 0 aromatic carbocycles. The monoisotopic (exact) mass is 277 g/mol. The lowest BCUT2D eigenvalue weighted by Gasteiger charge is -2.07. The molecular weight excluding hydrogens is 262 g/mol. The van der Waals surface area contributed by atoms with Crippen molar-refractivity contribution in [2.24, 2.45) is 0 Å². The van der Waals surface area contributed by atoms with Crippen LogP contribution >= 0.6 is 0 Å². The fraction of sp³-hybridized carbons (Fsp3) is 0.308. The van der Waals surface area contributed by atoms with E-state index in [0.29, 0.717) is 17.1 Å². The summed E-state index contributed by atoms with van der Waals surface area (Å²) >= 11 is 0. The van der Waals surface area contributed by atoms with Crippen molar-refractivity contribution in [2.75, 3.05) is 11.9 Å². The maximum atomic E-state index is 11.6. The number of aryl methyl sites for hydroxylation is 2. The molecule has 0 atom stereocenters. The van der Waals surface area contributed by atoms with E-state index in [1.807, 2.05) is 0 Å². The van der Waals surface area contributed by atoms with Gasteiger partial charge in [0.1, 0.15) is 18.1 Å². The van der Waals surface area contributed by atoms with Gasteiger partial charge in [0.25, 0.3) is 5.91 Å². The van der Waals surface area contributed by atoms with Crippen LogP contribution in [0.15, 0.2) is 22.7 Å². The number of pyridine rings is 1. The highest BCUT2D eigenvalue weighted by molar-refractivity contribution is 5.91. The fourth-order valence-electron chi connectivity index (χ4n) is 1.54. The number of ether oxygens (including phenoxy) is 1. The second-order valence-corrected chi connectivity index (χ2v) is 4.29. The Bertz CT molecular complexity index is 609. The van der Waals surface area contributed by atoms with Crippen LogP contribution < -0.4 is 5.32 Å². The van der Waals surface area contributed by atoms with Crippen LogP contribution in [0.1, 0.15) is 17.1 Å². The number of anilines is 1. The molecule has 2 rings (SSSR count). The molecule has 7 heteroatoms. The second-order valence-electron chi connectivity index (χ2n) is 4.29. The molecule has 0 radical (unpaired) electrons. The van der Waals surface area contributed by atoms with Crippen molar-refractivity contribution >= 4 is 11.7 Å². The summed E-state index contributed by atoms with van der Waals surface area (Å²) in [5.41, 5.74) is 1.31. The molecule has 1 amide bonds. The largest absolute Gasteiger partial charge is 0.504 e. The molecule has 0 bridgehead atoms. The van der Waals surface area contributed by atoms with Crippen LogP contribution in [-0.4, -0.2) is 27.8 Å². The van der Waals surface area contributed by atoms with Crippen LogP contribution in [0.3, 0.4) is 0 Å². The highest BCUT2D eigenvalue weighted by Gasteiger charge is 2.09. The van der Waals surface area contributed by atoms with Gasteiger partial charge in [0, 0.05) is 11.8 Å². The Hall–Kier alpha value is -2.41. The van der Waals surface area contributed by atoms with E-state index in [-0.39, 0.29) is 24.8 Å². The fourth-order valence-corrected chi connectivity index (χ4v) is 1.54. The zero-order chi connectivity index (χ0) is 14.5. The lowest BCUT2D eigenvalue weighted by Crippen LogP contribution is -2.19. The molecule has 2 aromatic rings. The van der Waals surface area contributed by atoms with Gasteiger partial charge in [0.05, 0.1) is 6.61 Å². The first-order valence-electron chi connectivity index (χ1n) is 6.01. The zero-order valence-corrected chi connectivity index (χ0v) is 11.2. The summed E-state index contributed by atoms with van der Waals surface area (Å²) in [5.74, 6) is 0.313. The molecule has 0 saturated carbocycles. The SMILES string of the molecule is Cc1ccc(O)c(NC(=O)COCc2cc(C)on2)n1. The number of aromatic hydroxyl groups is 1. The molecule has 0 aliphatic heterocycles. The van der Waals surface area contributed by atoms with Gasteiger partial charge in [-0.15, -0.1) is 0 Å². The van der Waals surface area contributed by atoms with Crippen molar-refractivity contribution in [1.82, 2.24) is 10.1 Å². The van der Waals surface area contributed by atoms with Gasteiger partial charge >= 0.3 is 0 Å². The van der Waals surface area contributed by atoms with Crippen molar-refractivity contribution in [1.29, 1.82) is 0 Å². The first-order valence-corrected chi connectivity index (χ1v) is 6.01. The van der Waals surface area contributed by atoms with Gasteiger partial charge in [-0.05, 0) is 26.0 Å². The van der Waals surface area contributed by atoms with Gasteiger partial charge in [-0.3, -0.25) is 4.79 Å². The average molecular weight is 277 g/mol. The molecule has 20 heavy (non-hydrogen) atoms. The third kappa shape index (κ3) is 3.79. The van der Waals surface area contributed by atoms with Crippen LogP contribution in [0.4, 0.5) is 5.82 Å². The first-order chi connectivity index (χ1) is 9.54. The van der Waals surface area contributed by atoms with Crippen LogP contribution in [0.2, 0.25) is 0 Å². The lowest BCUT2D eigenvalue weighted by atomic mass is 10.3. The standard InChI is InChI=1S/C13H15N3O4/c1-8-3-4-11(17)13(14-8)15-12(18)7-19-6-10-5-9(2)20-16-10/h3-5,17H,6-7H2,1-2H3,(H,14,15,18). The molecule has 2 heterocycles. The summed E-state index contributed by atoms with van der Waals surface area (Å²) in [5, 5.41) is 15.8. The molecule has 2 N–H and O–H groups in total. The highest BCUT2D eigenvalue weighted by atomic mass is 16.5. The van der Waals surface area contributed by atoms with Crippen molar-refractivity contribution < 1.29 is 19.2 Å². The van der Waals surface area contributed by atoms with Crippen LogP contribution in [0.5, 0.6) is 5.75 Å². The lowest BCUT2D eigenvalue weighted by molar-refractivity contribution is -0.121. The highest BCUT2D eigenvalue weighted by Crippen LogP contribution is 2.19. The van der Waals surface area contributed by atoms with E-state index in [4.69, 9.17) is 9.26 Å². The van der Waals surface area contributed by atoms with E-state index in [2.05, 4.69) is 15.5 Å². The Kier molecular flexibility index (Phi) is 4.31. The first kappa shape index (κ1) is 14.0. The number of aromatic nitrogens is 2. The van der Waals surface area contributed by atoms with Crippen molar-refractivity contribution in [2.45, 2.75) is 20.5 Å². The molecule has 0 aliphatic carbocycles. The average Bonchev–Trinajstić information content (AvgIpc) is 2.80. The summed E-state index contributed by atoms with van der Waals surface area (Å²) in [4.78, 5) is 15.7. The molecule has 0 saturated heterocycles. The van der Waals surface area contributed by atoms with Crippen LogP contribution in [-0.2, 0) is 16.1 Å². The molecule has 0 fully saturated rings. The minimum Gasteiger partial charge on any atom is -0.504 e. The second kappa shape index (κ2) is 6.16. The Morgan fingerprint density at radius 2 is 2.25 bits per heavy atom. The number of carbonyl (C=O) groups excluding carboxylic acids is 1. The maximum absolute atomic E-state index is 11.6. The number of carbonyl (C=O) groups is 1. The number of hydrogen-bond acceptors (Lipinski definition) is 6. The molecular formula is C13H15N3O4. The molecule has 0 unspecified atom stereocenters. The van der Waals surface area contributed by atoms with E-state index in [1.165, 1.54) is 6.07 Å². The van der Waals surface area contributed by atoms with Crippen LogP contribution in [0, 0.1) is 13.8 Å². The molecule has 7 nitrogen and oxygen atoms in total. The number of amides is 1. The summed E-state index contributed by atoms with van der Waals surface area (Å²) in [6, 6.07) is 4.84. The van der Waals surface area contributed by atoms with Gasteiger partial charge in [0.2, 0.25) is 0 Å². The predicted octanol–water partition coefficient (Wildman–Crippen LogP) is 1.55. The predicted molar refractivity (Wildman–Crippen MR) is 70.2 cm³/mol. The van der Waals surface area contributed by atoms with Crippen molar-refractivity contribution in [3.63, 3.8) is 0 Å². The summed E-state index contributed by atoms with van der Waals surface area (Å²) < 4.78 is 10.1. The topological polar surface area (TPSA) is 97.5 Å². The smallest absolute Gasteiger partial charge is 0.251 e. The number of hydrogen-bond donors (Lipinski definition) is 2. The number of nitrogens with zero attached hydrogens (tertiary/aromatic N) is 2. The minimum absolute atomic E-state index is 0.0870. The van der Waals surface area contributed by atoms with E-state index >= 15 is 0 Å². The summed E-state index contributed by atoms with van der Waals surface area (Å²) in [6.07, 6.45) is 0. The Morgan fingerprint density at radius 3 is 2.95 bits per heavy atom. The number of nitrogens with one attached hydrogen (secondary N) is 1. The number of rotatable bonds is 5. The maximum Gasteiger partial charge on any atom is 0.251 e. The van der Waals surface area contributed by atoms with Crippen molar-refractivity contribution in [3.05, 3.63) is 35.3 Å². The normalized spacial score (nSPS) is 10.5. The van der Waals surface area contributed by atoms with Gasteiger partial charge in [-0.25, -0.2) is 4.98 Å². The van der Waals surface area contributed by atoms with Gasteiger partial charge in [-0.2, -0.15) is 0 Å². The van der Waals surface area contributed by atoms with Gasteiger partial charge in [-0.1, -0.05) is 5.16 Å². The Labute approximate surface area is 115 Å². The van der Waals surface area contributed by atoms with E-state index in [9.17, 15) is 9.90 Å². The quantitative estimate of drug-likeness (QED) is 0.860. The minimum atomic E-state index is -0.404. The molecule has 2 aromatic heterocycles. The third-order valence-corrected chi connectivity index (χ3v) is 2.43. The van der Waals surface area contributed by atoms with E-state index < -0.39 is 5.91 Å². The Balaban J connectivity index is 1.82.